The van der Waals surface area contributed by atoms with Crippen LogP contribution in [0.1, 0.15) is 29.9 Å². The Bertz CT molecular complexity index is 1250. The topological polar surface area (TPSA) is 79.5 Å². The van der Waals surface area contributed by atoms with Crippen molar-refractivity contribution in [3.63, 3.8) is 0 Å². The number of nitrogens with one attached hydrogen (secondary N) is 1. The molecule has 0 spiro atoms. The Kier molecular flexibility index (Phi) is 4.78. The summed E-state index contributed by atoms with van der Waals surface area (Å²) in [6.45, 7) is 3.71. The molecular formula is C24H22N2O4. The highest BCUT2D eigenvalue weighted by Crippen LogP contribution is 2.46. The molecular weight excluding hydrogens is 380 g/mol. The number of likely N-dealkylation sites (N-methyl/N-ethyl adjacent to an activating group) is 1. The third-order valence-electron chi connectivity index (χ3n) is 5.54. The first-order valence-corrected chi connectivity index (χ1v) is 9.66. The first-order valence-electron chi connectivity index (χ1n) is 9.66. The van der Waals surface area contributed by atoms with E-state index in [2.05, 4.69) is 18.8 Å². The van der Waals surface area contributed by atoms with E-state index in [4.69, 9.17) is 4.74 Å². The molecule has 0 unspecified atom stereocenters. The first kappa shape index (κ1) is 19.6. The number of ketones is 1. The van der Waals surface area contributed by atoms with Gasteiger partial charge in [-0.15, -0.1) is 0 Å². The van der Waals surface area contributed by atoms with E-state index in [0.717, 1.165) is 16.9 Å². The van der Waals surface area contributed by atoms with Crippen molar-refractivity contribution in [2.24, 2.45) is 0 Å². The van der Waals surface area contributed by atoms with E-state index in [-0.39, 0.29) is 22.3 Å². The zero-order chi connectivity index (χ0) is 21.5. The first-order chi connectivity index (χ1) is 14.3. The maximum Gasteiger partial charge on any atom is 0.355 e. The highest BCUT2D eigenvalue weighted by Gasteiger charge is 2.38. The molecule has 0 amide bonds. The number of hydrogen-bond acceptors (Lipinski definition) is 5. The number of benzene rings is 2. The number of H-pyrrole nitrogens is 1. The van der Waals surface area contributed by atoms with Gasteiger partial charge in [-0.1, -0.05) is 44.2 Å². The molecule has 3 aromatic rings. The van der Waals surface area contributed by atoms with E-state index in [1.807, 2.05) is 36.2 Å². The number of aromatic amines is 1. The SMILES string of the molecule is CN1C(=CC(=O)COC(=O)c2cc(=O)c3ccccc3[nH]2)C(C)(C)c2ccccc21. The molecule has 0 saturated heterocycles. The van der Waals surface area contributed by atoms with E-state index >= 15 is 0 Å². The van der Waals surface area contributed by atoms with Crippen molar-refractivity contribution in [1.82, 2.24) is 4.98 Å². The van der Waals surface area contributed by atoms with E-state index < -0.39 is 12.6 Å². The molecule has 0 fully saturated rings. The van der Waals surface area contributed by atoms with Crippen molar-refractivity contribution in [1.29, 1.82) is 0 Å². The van der Waals surface area contributed by atoms with Crippen LogP contribution >= 0.6 is 0 Å². The number of ether oxygens (including phenoxy) is 1. The normalized spacial score (nSPS) is 16.0. The zero-order valence-electron chi connectivity index (χ0n) is 17.1. The third kappa shape index (κ3) is 3.30. The second-order valence-corrected chi connectivity index (χ2v) is 7.87. The number of allylic oxidation sites excluding steroid dienone is 1. The van der Waals surface area contributed by atoms with Gasteiger partial charge in [-0.2, -0.15) is 0 Å². The molecule has 2 aromatic carbocycles. The van der Waals surface area contributed by atoms with Gasteiger partial charge in [0.05, 0.1) is 0 Å². The number of hydrogen-bond donors (Lipinski definition) is 1. The van der Waals surface area contributed by atoms with Gasteiger partial charge in [-0.25, -0.2) is 4.79 Å². The smallest absolute Gasteiger partial charge is 0.355 e. The molecule has 6 heteroatoms. The minimum atomic E-state index is -0.744. The van der Waals surface area contributed by atoms with Crippen LogP contribution in [0.2, 0.25) is 0 Å². The van der Waals surface area contributed by atoms with Crippen LogP contribution in [0.3, 0.4) is 0 Å². The number of carbonyl (C=O) groups excluding carboxylic acids is 2. The van der Waals surface area contributed by atoms with Crippen molar-refractivity contribution < 1.29 is 14.3 Å². The fourth-order valence-electron chi connectivity index (χ4n) is 3.97. The van der Waals surface area contributed by atoms with Crippen LogP contribution in [-0.2, 0) is 14.9 Å². The Morgan fingerprint density at radius 3 is 2.57 bits per heavy atom. The summed E-state index contributed by atoms with van der Waals surface area (Å²) in [6.07, 6.45) is 1.52. The number of anilines is 1. The Morgan fingerprint density at radius 2 is 1.80 bits per heavy atom. The number of nitrogens with zero attached hydrogens (tertiary/aromatic N) is 1. The van der Waals surface area contributed by atoms with Crippen molar-refractivity contribution >= 4 is 28.3 Å². The lowest BCUT2D eigenvalue weighted by molar-refractivity contribution is -0.117. The van der Waals surface area contributed by atoms with Crippen LogP contribution in [0.25, 0.3) is 10.9 Å². The lowest BCUT2D eigenvalue weighted by Gasteiger charge is -2.23. The maximum absolute atomic E-state index is 12.5. The van der Waals surface area contributed by atoms with E-state index in [9.17, 15) is 14.4 Å². The van der Waals surface area contributed by atoms with Crippen LogP contribution in [-0.4, -0.2) is 30.4 Å². The van der Waals surface area contributed by atoms with Gasteiger partial charge in [0.15, 0.2) is 17.8 Å². The van der Waals surface area contributed by atoms with Gasteiger partial charge >= 0.3 is 5.97 Å². The summed E-state index contributed by atoms with van der Waals surface area (Å²) in [6, 6.07) is 16.1. The second-order valence-electron chi connectivity index (χ2n) is 7.87. The summed E-state index contributed by atoms with van der Waals surface area (Å²) in [5.74, 6) is -1.07. The summed E-state index contributed by atoms with van der Waals surface area (Å²) in [5, 5.41) is 0.487. The Labute approximate surface area is 173 Å². The van der Waals surface area contributed by atoms with Crippen LogP contribution in [0.5, 0.6) is 0 Å². The molecule has 1 aliphatic rings. The summed E-state index contributed by atoms with van der Waals surface area (Å²) in [5.41, 5.74) is 2.96. The predicted molar refractivity (Wildman–Crippen MR) is 116 cm³/mol. The molecule has 6 nitrogen and oxygen atoms in total. The van der Waals surface area contributed by atoms with Crippen molar-refractivity contribution in [3.05, 3.63) is 87.9 Å². The number of pyridine rings is 1. The van der Waals surface area contributed by atoms with Crippen molar-refractivity contribution in [2.45, 2.75) is 19.3 Å². The van der Waals surface area contributed by atoms with E-state index in [0.29, 0.717) is 10.9 Å². The molecule has 1 aromatic heterocycles. The number of carbonyl (C=O) groups is 2. The van der Waals surface area contributed by atoms with Gasteiger partial charge in [0.1, 0.15) is 5.69 Å². The lowest BCUT2D eigenvalue weighted by Crippen LogP contribution is -2.25. The zero-order valence-corrected chi connectivity index (χ0v) is 17.1. The van der Waals surface area contributed by atoms with Crippen LogP contribution in [0, 0.1) is 0 Å². The maximum atomic E-state index is 12.5. The molecule has 0 atom stereocenters. The predicted octanol–water partition coefficient (Wildman–Crippen LogP) is 3.57. The molecule has 0 bridgehead atoms. The molecule has 4 rings (SSSR count). The van der Waals surface area contributed by atoms with E-state index in [1.54, 1.807) is 24.3 Å². The van der Waals surface area contributed by atoms with Gasteiger partial charge in [0.25, 0.3) is 0 Å². The van der Waals surface area contributed by atoms with Gasteiger partial charge in [0.2, 0.25) is 0 Å². The Hall–Kier alpha value is -3.67. The van der Waals surface area contributed by atoms with E-state index in [1.165, 1.54) is 12.1 Å². The molecule has 0 saturated carbocycles. The second kappa shape index (κ2) is 7.30. The molecule has 0 radical (unpaired) electrons. The molecule has 30 heavy (non-hydrogen) atoms. The van der Waals surface area contributed by atoms with Crippen LogP contribution in [0.15, 0.2) is 71.2 Å². The average Bonchev–Trinajstić information content (AvgIpc) is 2.93. The summed E-state index contributed by atoms with van der Waals surface area (Å²) >= 11 is 0. The molecule has 0 aliphatic carbocycles. The molecule has 2 heterocycles. The fourth-order valence-corrected chi connectivity index (χ4v) is 3.97. The lowest BCUT2D eigenvalue weighted by atomic mass is 9.83. The minimum absolute atomic E-state index is 0.0184. The van der Waals surface area contributed by atoms with Gasteiger partial charge < -0.3 is 14.6 Å². The van der Waals surface area contributed by atoms with Crippen molar-refractivity contribution in [2.75, 3.05) is 18.6 Å². The molecule has 1 N–H and O–H groups in total. The van der Waals surface area contributed by atoms with Gasteiger partial charge in [0, 0.05) is 46.9 Å². The monoisotopic (exact) mass is 402 g/mol. The highest BCUT2D eigenvalue weighted by atomic mass is 16.5. The number of para-hydroxylation sites is 2. The Balaban J connectivity index is 1.50. The minimum Gasteiger partial charge on any atom is -0.453 e. The third-order valence-corrected chi connectivity index (χ3v) is 5.54. The summed E-state index contributed by atoms with van der Waals surface area (Å²) in [4.78, 5) is 42.0. The summed E-state index contributed by atoms with van der Waals surface area (Å²) < 4.78 is 5.16. The quantitative estimate of drug-likeness (QED) is 0.533. The van der Waals surface area contributed by atoms with Crippen LogP contribution in [0.4, 0.5) is 5.69 Å². The number of rotatable bonds is 4. The standard InChI is InChI=1S/C24H22N2O4/c1-24(2)17-9-5-7-11-20(17)26(3)22(24)12-15(27)14-30-23(29)19-13-21(28)16-8-4-6-10-18(16)25-19/h4-13H,14H2,1-3H3,(H,25,28). The average molecular weight is 402 g/mol. The largest absolute Gasteiger partial charge is 0.453 e. The van der Waals surface area contributed by atoms with Crippen LogP contribution < -0.4 is 10.3 Å². The Morgan fingerprint density at radius 1 is 1.10 bits per heavy atom. The molecule has 152 valence electrons. The van der Waals surface area contributed by atoms with Gasteiger partial charge in [-0.3, -0.25) is 9.59 Å². The summed E-state index contributed by atoms with van der Waals surface area (Å²) in [7, 11) is 1.92. The number of fused-ring (bicyclic) bond motifs is 2. The highest BCUT2D eigenvalue weighted by molar-refractivity contribution is 5.96. The fraction of sp³-hybridized carbons (Fsp3) is 0.208. The number of aromatic nitrogens is 1. The van der Waals surface area contributed by atoms with Crippen molar-refractivity contribution in [3.8, 4) is 0 Å². The number of esters is 1. The van der Waals surface area contributed by atoms with Gasteiger partial charge in [-0.05, 0) is 23.8 Å². The molecule has 1 aliphatic heterocycles.